The molecule has 0 bridgehead atoms. The first-order chi connectivity index (χ1) is 8.02. The van der Waals surface area contributed by atoms with Crippen molar-refractivity contribution >= 4 is 26.6 Å². The van der Waals surface area contributed by atoms with Gasteiger partial charge in [-0.05, 0) is 0 Å². The summed E-state index contributed by atoms with van der Waals surface area (Å²) in [6.07, 6.45) is -0.930. The van der Waals surface area contributed by atoms with Crippen molar-refractivity contribution < 1.29 is 18.4 Å². The number of Topliss-reactive ketones (excluding diaryl/α,β-unsaturated/α-hetero) is 1. The number of rotatable bonds is 10. The van der Waals surface area contributed by atoms with E-state index in [4.69, 9.17) is 9.05 Å². The summed E-state index contributed by atoms with van der Waals surface area (Å²) < 4.78 is 22.8. The molecule has 0 heterocycles. The molecule has 0 saturated heterocycles. The summed E-state index contributed by atoms with van der Waals surface area (Å²) in [6, 6.07) is 0. The zero-order chi connectivity index (χ0) is 13.3. The van der Waals surface area contributed by atoms with Gasteiger partial charge >= 0.3 is 110 Å². The van der Waals surface area contributed by atoms with Gasteiger partial charge in [0.05, 0.1) is 0 Å². The van der Waals surface area contributed by atoms with Crippen LogP contribution in [0.1, 0.15) is 47.0 Å². The van der Waals surface area contributed by atoms with E-state index in [1.165, 1.54) is 0 Å². The molecule has 0 aliphatic carbocycles. The first kappa shape index (κ1) is 17.3. The van der Waals surface area contributed by atoms with E-state index in [0.29, 0.717) is 26.1 Å². The molecule has 0 aliphatic heterocycles. The molecule has 0 aromatic rings. The van der Waals surface area contributed by atoms with Crippen LogP contribution in [0.2, 0.25) is 4.82 Å². The minimum atomic E-state index is -3.03. The van der Waals surface area contributed by atoms with Crippen molar-refractivity contribution in [2.75, 3.05) is 13.2 Å². The van der Waals surface area contributed by atoms with Crippen molar-refractivity contribution in [2.45, 2.75) is 51.8 Å². The molecule has 0 rings (SSSR count). The Morgan fingerprint density at radius 3 is 2.06 bits per heavy atom. The van der Waals surface area contributed by atoms with Crippen molar-refractivity contribution in [2.24, 2.45) is 0 Å². The summed E-state index contributed by atoms with van der Waals surface area (Å²) >= 11 is -0.417. The van der Waals surface area contributed by atoms with Gasteiger partial charge in [-0.3, -0.25) is 0 Å². The van der Waals surface area contributed by atoms with Crippen molar-refractivity contribution in [3.05, 3.63) is 0 Å². The molecule has 0 aliphatic rings. The Bertz CT molecular complexity index is 260. The van der Waals surface area contributed by atoms with Crippen molar-refractivity contribution in [3.8, 4) is 0 Å². The van der Waals surface area contributed by atoms with E-state index in [2.05, 4.69) is 0 Å². The third kappa shape index (κ3) is 6.73. The van der Waals surface area contributed by atoms with Crippen LogP contribution in [-0.4, -0.2) is 33.5 Å². The Morgan fingerprint density at radius 2 is 1.71 bits per heavy atom. The van der Waals surface area contributed by atoms with Crippen molar-refractivity contribution in [3.63, 3.8) is 0 Å². The second-order valence-electron chi connectivity index (χ2n) is 3.50. The second kappa shape index (κ2) is 9.29. The van der Waals surface area contributed by atoms with Crippen LogP contribution in [0.15, 0.2) is 0 Å². The SMILES string of the molecule is CCCC(=O)C(CC)[Se]P(=O)(OCC)OCC. The second-order valence-corrected chi connectivity index (χ2v) is 10.5. The molecule has 4 nitrogen and oxygen atoms in total. The molecule has 0 aromatic carbocycles. The van der Waals surface area contributed by atoms with Crippen LogP contribution in [0.3, 0.4) is 0 Å². The molecule has 0 spiro atoms. The quantitative estimate of drug-likeness (QED) is 0.455. The molecule has 102 valence electrons. The Balaban J connectivity index is 4.59. The van der Waals surface area contributed by atoms with Gasteiger partial charge in [-0.25, -0.2) is 0 Å². The first-order valence-electron chi connectivity index (χ1n) is 6.13. The fourth-order valence-electron chi connectivity index (χ4n) is 1.34. The normalized spacial score (nSPS) is 13.6. The van der Waals surface area contributed by atoms with Gasteiger partial charge in [-0.2, -0.15) is 0 Å². The Hall–Kier alpha value is 0.339. The summed E-state index contributed by atoms with van der Waals surface area (Å²) in [5, 5.41) is 0. The van der Waals surface area contributed by atoms with Gasteiger partial charge in [0.2, 0.25) is 0 Å². The molecule has 0 amide bonds. The van der Waals surface area contributed by atoms with Crippen LogP contribution in [0.5, 0.6) is 0 Å². The van der Waals surface area contributed by atoms with Crippen molar-refractivity contribution in [1.82, 2.24) is 0 Å². The Kier molecular flexibility index (Phi) is 9.48. The summed E-state index contributed by atoms with van der Waals surface area (Å²) in [4.78, 5) is 11.7. The van der Waals surface area contributed by atoms with E-state index in [0.717, 1.165) is 6.42 Å². The number of hydrogen-bond acceptors (Lipinski definition) is 4. The van der Waals surface area contributed by atoms with Gasteiger partial charge < -0.3 is 0 Å². The fraction of sp³-hybridized carbons (Fsp3) is 0.909. The number of hydrogen-bond donors (Lipinski definition) is 0. The van der Waals surface area contributed by atoms with Crippen LogP contribution >= 0.6 is 6.29 Å². The summed E-state index contributed by atoms with van der Waals surface area (Å²) in [7, 11) is 0. The summed E-state index contributed by atoms with van der Waals surface area (Å²) in [6.45, 7) is 8.21. The molecule has 0 aromatic heterocycles. The van der Waals surface area contributed by atoms with E-state index in [1.807, 2.05) is 13.8 Å². The van der Waals surface area contributed by atoms with E-state index in [9.17, 15) is 9.36 Å². The third-order valence-corrected chi connectivity index (χ3v) is 9.52. The maximum atomic E-state index is 12.3. The van der Waals surface area contributed by atoms with Crippen LogP contribution in [0.4, 0.5) is 0 Å². The standard InChI is InChI=1S/C11H23O4PSe/c1-5-9-10(12)11(6-2)17-16(13,14-7-3)15-8-4/h11H,5-9H2,1-4H3. The molecule has 0 saturated carbocycles. The van der Waals surface area contributed by atoms with Crippen LogP contribution in [-0.2, 0) is 18.4 Å². The first-order valence-corrected chi connectivity index (χ1v) is 10.9. The molecule has 0 N–H and O–H groups in total. The van der Waals surface area contributed by atoms with Gasteiger partial charge in [0.25, 0.3) is 0 Å². The third-order valence-electron chi connectivity index (χ3n) is 2.06. The van der Waals surface area contributed by atoms with E-state index in [-0.39, 0.29) is 10.6 Å². The predicted molar refractivity (Wildman–Crippen MR) is 70.6 cm³/mol. The average molecular weight is 329 g/mol. The van der Waals surface area contributed by atoms with Crippen LogP contribution < -0.4 is 0 Å². The van der Waals surface area contributed by atoms with Gasteiger partial charge in [0.1, 0.15) is 0 Å². The van der Waals surface area contributed by atoms with Gasteiger partial charge in [0, 0.05) is 0 Å². The zero-order valence-electron chi connectivity index (χ0n) is 11.1. The molecular formula is C11H23O4PSe. The van der Waals surface area contributed by atoms with Crippen LogP contribution in [0.25, 0.3) is 0 Å². The molecule has 1 unspecified atom stereocenters. The average Bonchev–Trinajstić information content (AvgIpc) is 2.27. The van der Waals surface area contributed by atoms with E-state index in [1.54, 1.807) is 13.8 Å². The Labute approximate surface area is 110 Å². The number of carbonyl (C=O) groups is 1. The van der Waals surface area contributed by atoms with E-state index >= 15 is 0 Å². The molecule has 1 atom stereocenters. The fourth-order valence-corrected chi connectivity index (χ4v) is 8.73. The molecule has 0 radical (unpaired) electrons. The molecule has 0 fully saturated rings. The monoisotopic (exact) mass is 330 g/mol. The van der Waals surface area contributed by atoms with Crippen molar-refractivity contribution in [1.29, 1.82) is 0 Å². The molecule has 6 heteroatoms. The zero-order valence-corrected chi connectivity index (χ0v) is 13.7. The Morgan fingerprint density at radius 1 is 1.18 bits per heavy atom. The minimum absolute atomic E-state index is 0.147. The predicted octanol–water partition coefficient (Wildman–Crippen LogP) is 3.44. The van der Waals surface area contributed by atoms with Gasteiger partial charge in [0.15, 0.2) is 0 Å². The van der Waals surface area contributed by atoms with Crippen LogP contribution in [0, 0.1) is 0 Å². The van der Waals surface area contributed by atoms with E-state index < -0.39 is 20.8 Å². The van der Waals surface area contributed by atoms with Gasteiger partial charge in [-0.1, -0.05) is 0 Å². The topological polar surface area (TPSA) is 52.6 Å². The summed E-state index contributed by atoms with van der Waals surface area (Å²) in [5.74, 6) is 0.189. The molecule has 17 heavy (non-hydrogen) atoms. The molecular weight excluding hydrogens is 306 g/mol. The number of ketones is 1. The maximum absolute atomic E-state index is 12.3. The summed E-state index contributed by atoms with van der Waals surface area (Å²) in [5.41, 5.74) is 0. The number of carbonyl (C=O) groups excluding carboxylic acids is 1. The van der Waals surface area contributed by atoms with Gasteiger partial charge in [-0.15, -0.1) is 0 Å².